The number of hydrogen-bond acceptors (Lipinski definition) is 4. The van der Waals surface area contributed by atoms with E-state index in [4.69, 9.17) is 4.84 Å². The van der Waals surface area contributed by atoms with E-state index < -0.39 is 6.10 Å². The van der Waals surface area contributed by atoms with Gasteiger partial charge < -0.3 is 9.74 Å². The van der Waals surface area contributed by atoms with Crippen molar-refractivity contribution in [2.75, 3.05) is 7.05 Å². The summed E-state index contributed by atoms with van der Waals surface area (Å²) < 4.78 is 14.7. The van der Waals surface area contributed by atoms with Crippen LogP contribution in [0.4, 0.5) is 4.39 Å². The first-order chi connectivity index (χ1) is 11.0. The highest BCUT2D eigenvalue weighted by Gasteiger charge is 2.31. The van der Waals surface area contributed by atoms with Crippen LogP contribution >= 0.6 is 0 Å². The van der Waals surface area contributed by atoms with Gasteiger partial charge in [0, 0.05) is 26.7 Å². The maximum Gasteiger partial charge on any atom is 0.267 e. The second kappa shape index (κ2) is 6.20. The average molecular weight is 316 g/mol. The lowest BCUT2D eigenvalue weighted by molar-refractivity contribution is -0.141. The molecular weight excluding hydrogens is 299 g/mol. The van der Waals surface area contributed by atoms with E-state index >= 15 is 0 Å². The van der Waals surface area contributed by atoms with Crippen LogP contribution in [0.5, 0.6) is 0 Å². The minimum atomic E-state index is -0.645. The van der Waals surface area contributed by atoms with Gasteiger partial charge in [0.2, 0.25) is 6.10 Å². The number of carbonyl (C=O) groups is 1. The van der Waals surface area contributed by atoms with Crippen LogP contribution in [0.1, 0.15) is 17.7 Å². The van der Waals surface area contributed by atoms with Crippen LogP contribution in [0.25, 0.3) is 0 Å². The van der Waals surface area contributed by atoms with Gasteiger partial charge in [-0.3, -0.25) is 9.48 Å². The number of likely N-dealkylation sites (N-methyl/N-ethyl adjacent to an activating group) is 1. The fraction of sp³-hybridized carbons (Fsp3) is 0.312. The Morgan fingerprint density at radius 1 is 1.39 bits per heavy atom. The smallest absolute Gasteiger partial charge is 0.267 e. The predicted octanol–water partition coefficient (Wildman–Crippen LogP) is 1.71. The van der Waals surface area contributed by atoms with Gasteiger partial charge in [0.25, 0.3) is 5.91 Å². The highest BCUT2D eigenvalue weighted by atomic mass is 19.1. The number of aromatic nitrogens is 2. The Labute approximate surface area is 133 Å². The van der Waals surface area contributed by atoms with Crippen LogP contribution in [0, 0.1) is 5.82 Å². The summed E-state index contributed by atoms with van der Waals surface area (Å²) in [6, 6.07) is 7.84. The van der Waals surface area contributed by atoms with Crippen molar-refractivity contribution in [3.8, 4) is 0 Å². The first-order valence-corrected chi connectivity index (χ1v) is 7.25. The van der Waals surface area contributed by atoms with Gasteiger partial charge >= 0.3 is 0 Å². The molecule has 0 saturated carbocycles. The summed E-state index contributed by atoms with van der Waals surface area (Å²) in [5.41, 5.74) is 2.34. The Morgan fingerprint density at radius 2 is 2.13 bits per heavy atom. The second-order valence-corrected chi connectivity index (χ2v) is 5.48. The van der Waals surface area contributed by atoms with Crippen molar-refractivity contribution in [2.45, 2.75) is 19.1 Å². The normalized spacial score (nSPS) is 16.8. The van der Waals surface area contributed by atoms with Gasteiger partial charge in [-0.15, -0.1) is 0 Å². The highest BCUT2D eigenvalue weighted by Crippen LogP contribution is 2.19. The van der Waals surface area contributed by atoms with Crippen molar-refractivity contribution in [3.05, 3.63) is 53.6 Å². The van der Waals surface area contributed by atoms with Gasteiger partial charge in [-0.25, -0.2) is 4.39 Å². The molecule has 0 N–H and O–H groups in total. The van der Waals surface area contributed by atoms with Crippen LogP contribution in [0.2, 0.25) is 0 Å². The molecule has 0 radical (unpaired) electrons. The van der Waals surface area contributed by atoms with Crippen molar-refractivity contribution in [3.63, 3.8) is 0 Å². The van der Waals surface area contributed by atoms with Crippen LogP contribution in [-0.2, 0) is 23.2 Å². The number of halogens is 1. The van der Waals surface area contributed by atoms with Crippen LogP contribution in [0.3, 0.4) is 0 Å². The molecule has 1 unspecified atom stereocenters. The van der Waals surface area contributed by atoms with E-state index in [1.165, 1.54) is 12.1 Å². The molecule has 2 aromatic rings. The summed E-state index contributed by atoms with van der Waals surface area (Å²) in [7, 11) is 3.55. The zero-order valence-corrected chi connectivity index (χ0v) is 12.9. The Balaban J connectivity index is 1.62. The number of nitrogens with zero attached hydrogens (tertiary/aromatic N) is 4. The second-order valence-electron chi connectivity index (χ2n) is 5.48. The van der Waals surface area contributed by atoms with Crippen molar-refractivity contribution >= 4 is 11.6 Å². The van der Waals surface area contributed by atoms with Gasteiger partial charge in [0.15, 0.2) is 0 Å². The molecule has 1 atom stereocenters. The van der Waals surface area contributed by atoms with E-state index in [-0.39, 0.29) is 11.7 Å². The lowest BCUT2D eigenvalue weighted by Gasteiger charge is -2.19. The largest absolute Gasteiger partial charge is 0.382 e. The molecular formula is C16H17FN4O2. The number of aryl methyl sites for hydroxylation is 1. The van der Waals surface area contributed by atoms with Gasteiger partial charge in [-0.05, 0) is 23.8 Å². The van der Waals surface area contributed by atoms with Gasteiger partial charge in [0.1, 0.15) is 5.82 Å². The molecule has 0 fully saturated rings. The average Bonchev–Trinajstić information content (AvgIpc) is 3.17. The van der Waals surface area contributed by atoms with Crippen LogP contribution < -0.4 is 0 Å². The third kappa shape index (κ3) is 3.23. The Morgan fingerprint density at radius 3 is 2.78 bits per heavy atom. The van der Waals surface area contributed by atoms with Gasteiger partial charge in [-0.2, -0.15) is 5.10 Å². The molecule has 3 rings (SSSR count). The molecule has 1 aromatic heterocycles. The fourth-order valence-electron chi connectivity index (χ4n) is 2.45. The molecule has 0 bridgehead atoms. The standard InChI is InChI=1S/C16H17FN4O2/c1-20(10-13-7-8-18-21(13)2)16(22)15-9-14(19-23-15)11-3-5-12(17)6-4-11/h3-8,15H,9-10H2,1-2H3. The number of rotatable bonds is 4. The third-order valence-corrected chi connectivity index (χ3v) is 3.82. The minimum absolute atomic E-state index is 0.146. The molecule has 6 nitrogen and oxygen atoms in total. The number of oxime groups is 1. The molecule has 0 saturated heterocycles. The number of carbonyl (C=O) groups excluding carboxylic acids is 1. The summed E-state index contributed by atoms with van der Waals surface area (Å²) in [4.78, 5) is 19.3. The van der Waals surface area contributed by atoms with E-state index in [1.54, 1.807) is 35.0 Å². The third-order valence-electron chi connectivity index (χ3n) is 3.82. The van der Waals surface area contributed by atoms with E-state index in [9.17, 15) is 9.18 Å². The quantitative estimate of drug-likeness (QED) is 0.863. The van der Waals surface area contributed by atoms with E-state index in [2.05, 4.69) is 10.3 Å². The molecule has 7 heteroatoms. The van der Waals surface area contributed by atoms with E-state index in [0.717, 1.165) is 11.3 Å². The van der Waals surface area contributed by atoms with Crippen molar-refractivity contribution in [1.29, 1.82) is 0 Å². The van der Waals surface area contributed by atoms with Crippen LogP contribution in [-0.4, -0.2) is 39.5 Å². The molecule has 0 aliphatic carbocycles. The molecule has 1 aliphatic heterocycles. The summed E-state index contributed by atoms with van der Waals surface area (Å²) in [6.45, 7) is 0.446. The zero-order chi connectivity index (χ0) is 16.4. The molecule has 1 amide bonds. The zero-order valence-electron chi connectivity index (χ0n) is 12.9. The van der Waals surface area contributed by atoms with E-state index in [1.807, 2.05) is 13.1 Å². The summed E-state index contributed by atoms with van der Waals surface area (Å²) in [6.07, 6.45) is 1.42. The monoisotopic (exact) mass is 316 g/mol. The Bertz CT molecular complexity index is 739. The molecule has 0 spiro atoms. The van der Waals surface area contributed by atoms with Crippen LogP contribution in [0.15, 0.2) is 41.7 Å². The number of benzene rings is 1. The summed E-state index contributed by atoms with van der Waals surface area (Å²) in [5.74, 6) is -0.455. The predicted molar refractivity (Wildman–Crippen MR) is 82.1 cm³/mol. The lowest BCUT2D eigenvalue weighted by Crippen LogP contribution is -2.36. The number of hydrogen-bond donors (Lipinski definition) is 0. The molecule has 120 valence electrons. The molecule has 2 heterocycles. The minimum Gasteiger partial charge on any atom is -0.382 e. The van der Waals surface area contributed by atoms with E-state index in [0.29, 0.717) is 18.7 Å². The number of amides is 1. The first kappa shape index (κ1) is 15.2. The maximum absolute atomic E-state index is 13.0. The van der Waals surface area contributed by atoms with Crippen molar-refractivity contribution in [1.82, 2.24) is 14.7 Å². The molecule has 1 aliphatic rings. The molecule has 1 aromatic carbocycles. The Hall–Kier alpha value is -2.70. The SMILES string of the molecule is CN(Cc1ccnn1C)C(=O)C1CC(c2ccc(F)cc2)=NO1. The van der Waals surface area contributed by atoms with Crippen molar-refractivity contribution in [2.24, 2.45) is 12.2 Å². The summed E-state index contributed by atoms with van der Waals surface area (Å²) >= 11 is 0. The lowest BCUT2D eigenvalue weighted by atomic mass is 10.0. The fourth-order valence-corrected chi connectivity index (χ4v) is 2.45. The molecule has 23 heavy (non-hydrogen) atoms. The summed E-state index contributed by atoms with van der Waals surface area (Å²) in [5, 5.41) is 8.04. The first-order valence-electron chi connectivity index (χ1n) is 7.25. The van der Waals surface area contributed by atoms with Gasteiger partial charge in [0.05, 0.1) is 18.0 Å². The Kier molecular flexibility index (Phi) is 4.10. The maximum atomic E-state index is 13.0. The van der Waals surface area contributed by atoms with Gasteiger partial charge in [-0.1, -0.05) is 17.3 Å². The highest BCUT2D eigenvalue weighted by molar-refractivity contribution is 6.04. The van der Waals surface area contributed by atoms with Crippen molar-refractivity contribution < 1.29 is 14.0 Å². The topological polar surface area (TPSA) is 59.7 Å².